The molecule has 2 aromatic carbocycles. The van der Waals surface area contributed by atoms with Gasteiger partial charge in [0.2, 0.25) is 0 Å². The van der Waals surface area contributed by atoms with Crippen molar-refractivity contribution in [3.8, 4) is 17.0 Å². The van der Waals surface area contributed by atoms with Crippen LogP contribution in [0.25, 0.3) is 11.3 Å². The van der Waals surface area contributed by atoms with Gasteiger partial charge in [0.25, 0.3) is 5.91 Å². The molecule has 0 aliphatic carbocycles. The van der Waals surface area contributed by atoms with Gasteiger partial charge in [-0.15, -0.1) is 0 Å². The van der Waals surface area contributed by atoms with Crippen LogP contribution in [0.2, 0.25) is 0 Å². The van der Waals surface area contributed by atoms with Crippen LogP contribution < -0.4 is 4.74 Å². The molecule has 0 atom stereocenters. The predicted molar refractivity (Wildman–Crippen MR) is 113 cm³/mol. The lowest BCUT2D eigenvalue weighted by molar-refractivity contribution is 0.0622. The van der Waals surface area contributed by atoms with Crippen LogP contribution in [0.4, 0.5) is 0 Å². The fourth-order valence-electron chi connectivity index (χ4n) is 3.72. The molecule has 4 rings (SSSR count). The Morgan fingerprint density at radius 3 is 2.34 bits per heavy atom. The maximum atomic E-state index is 13.0. The van der Waals surface area contributed by atoms with Crippen LogP contribution in [-0.4, -0.2) is 58.8 Å². The molecule has 1 aliphatic heterocycles. The molecule has 0 unspecified atom stereocenters. The average Bonchev–Trinajstić information content (AvgIpc) is 3.16. The number of methoxy groups -OCH3 is 1. The lowest BCUT2D eigenvalue weighted by Gasteiger charge is -2.34. The summed E-state index contributed by atoms with van der Waals surface area (Å²) in [6, 6.07) is 20.1. The molecule has 6 heteroatoms. The van der Waals surface area contributed by atoms with E-state index < -0.39 is 0 Å². The summed E-state index contributed by atoms with van der Waals surface area (Å²) in [7, 11) is 3.52. The quantitative estimate of drug-likeness (QED) is 0.672. The highest BCUT2D eigenvalue weighted by molar-refractivity contribution is 5.93. The molecule has 2 heterocycles. The highest BCUT2D eigenvalue weighted by atomic mass is 16.5. The molecule has 0 N–H and O–H groups in total. The van der Waals surface area contributed by atoms with Crippen LogP contribution in [0.15, 0.2) is 60.7 Å². The lowest BCUT2D eigenvalue weighted by atomic mass is 10.1. The molecule has 1 aromatic heterocycles. The molecule has 3 aromatic rings. The van der Waals surface area contributed by atoms with Crippen molar-refractivity contribution in [1.29, 1.82) is 0 Å². The van der Waals surface area contributed by atoms with Gasteiger partial charge >= 0.3 is 0 Å². The fourth-order valence-corrected chi connectivity index (χ4v) is 3.72. The molecule has 0 bridgehead atoms. The maximum Gasteiger partial charge on any atom is 0.274 e. The van der Waals surface area contributed by atoms with E-state index in [9.17, 15) is 4.79 Å². The summed E-state index contributed by atoms with van der Waals surface area (Å²) < 4.78 is 6.98. The first-order valence-corrected chi connectivity index (χ1v) is 9.88. The van der Waals surface area contributed by atoms with Crippen molar-refractivity contribution >= 4 is 5.91 Å². The zero-order valence-corrected chi connectivity index (χ0v) is 16.9. The maximum absolute atomic E-state index is 13.0. The summed E-state index contributed by atoms with van der Waals surface area (Å²) >= 11 is 0. The van der Waals surface area contributed by atoms with Crippen molar-refractivity contribution in [2.45, 2.75) is 6.54 Å². The molecule has 0 spiro atoms. The molecule has 1 amide bonds. The van der Waals surface area contributed by atoms with Gasteiger partial charge in [-0.3, -0.25) is 14.4 Å². The molecule has 1 aliphatic rings. The van der Waals surface area contributed by atoms with Gasteiger partial charge in [0.05, 0.1) is 12.8 Å². The summed E-state index contributed by atoms with van der Waals surface area (Å²) in [6.07, 6.45) is 0. The number of benzene rings is 2. The zero-order chi connectivity index (χ0) is 20.2. The number of hydrogen-bond donors (Lipinski definition) is 0. The van der Waals surface area contributed by atoms with E-state index in [0.717, 1.165) is 49.7 Å². The second kappa shape index (κ2) is 8.49. The molecular weight excluding hydrogens is 364 g/mol. The Labute approximate surface area is 171 Å². The number of rotatable bonds is 5. The van der Waals surface area contributed by atoms with Crippen molar-refractivity contribution in [2.24, 2.45) is 7.05 Å². The number of carbonyl (C=O) groups is 1. The summed E-state index contributed by atoms with van der Waals surface area (Å²) in [4.78, 5) is 17.3. The number of amides is 1. The van der Waals surface area contributed by atoms with Gasteiger partial charge < -0.3 is 9.64 Å². The predicted octanol–water partition coefficient (Wildman–Crippen LogP) is 3.05. The third kappa shape index (κ3) is 4.32. The summed E-state index contributed by atoms with van der Waals surface area (Å²) in [5.74, 6) is 0.806. The number of aryl methyl sites for hydroxylation is 1. The number of aromatic nitrogens is 2. The Balaban J connectivity index is 1.40. The van der Waals surface area contributed by atoms with Crippen LogP contribution >= 0.6 is 0 Å². The number of piperazine rings is 1. The lowest BCUT2D eigenvalue weighted by Crippen LogP contribution is -2.48. The summed E-state index contributed by atoms with van der Waals surface area (Å²) in [5.41, 5.74) is 3.72. The van der Waals surface area contributed by atoms with Crippen LogP contribution in [0.5, 0.6) is 5.75 Å². The Kier molecular flexibility index (Phi) is 5.62. The van der Waals surface area contributed by atoms with E-state index in [1.54, 1.807) is 11.8 Å². The molecular formula is C23H26N4O2. The van der Waals surface area contributed by atoms with Gasteiger partial charge in [0.1, 0.15) is 5.75 Å². The van der Waals surface area contributed by atoms with E-state index in [-0.39, 0.29) is 5.91 Å². The van der Waals surface area contributed by atoms with Crippen LogP contribution in [0.3, 0.4) is 0 Å². The topological polar surface area (TPSA) is 50.6 Å². The highest BCUT2D eigenvalue weighted by Crippen LogP contribution is 2.23. The smallest absolute Gasteiger partial charge is 0.274 e. The Morgan fingerprint density at radius 2 is 1.69 bits per heavy atom. The number of carbonyl (C=O) groups excluding carboxylic acids is 1. The largest absolute Gasteiger partial charge is 0.497 e. The van der Waals surface area contributed by atoms with Gasteiger partial charge in [-0.25, -0.2) is 0 Å². The van der Waals surface area contributed by atoms with E-state index in [1.807, 2.05) is 48.3 Å². The van der Waals surface area contributed by atoms with Crippen LogP contribution in [0, 0.1) is 0 Å². The molecule has 0 radical (unpaired) electrons. The monoisotopic (exact) mass is 390 g/mol. The van der Waals surface area contributed by atoms with E-state index in [1.165, 1.54) is 5.56 Å². The summed E-state index contributed by atoms with van der Waals surface area (Å²) in [5, 5.41) is 4.47. The standard InChI is InChI=1S/C23H26N4O2/c1-25-22(19-8-10-20(29-2)11-9-19)16-21(24-25)23(28)27-14-12-26(13-15-27)17-18-6-4-3-5-7-18/h3-11,16H,12-15,17H2,1-2H3. The Morgan fingerprint density at radius 1 is 1.00 bits per heavy atom. The van der Waals surface area contributed by atoms with Gasteiger partial charge in [-0.1, -0.05) is 30.3 Å². The first-order chi connectivity index (χ1) is 14.1. The molecule has 0 saturated carbocycles. The molecule has 1 saturated heterocycles. The molecule has 29 heavy (non-hydrogen) atoms. The molecule has 1 fully saturated rings. The fraction of sp³-hybridized carbons (Fsp3) is 0.304. The first kappa shape index (κ1) is 19.2. The van der Waals surface area contributed by atoms with Crippen LogP contribution in [-0.2, 0) is 13.6 Å². The van der Waals surface area contributed by atoms with E-state index >= 15 is 0 Å². The van der Waals surface area contributed by atoms with Crippen molar-refractivity contribution in [3.63, 3.8) is 0 Å². The van der Waals surface area contributed by atoms with Crippen molar-refractivity contribution in [3.05, 3.63) is 71.9 Å². The summed E-state index contributed by atoms with van der Waals surface area (Å²) in [6.45, 7) is 4.12. The third-order valence-corrected chi connectivity index (χ3v) is 5.39. The number of ether oxygens (including phenoxy) is 1. The second-order valence-electron chi connectivity index (χ2n) is 7.32. The third-order valence-electron chi connectivity index (χ3n) is 5.39. The van der Waals surface area contributed by atoms with Crippen molar-refractivity contribution in [1.82, 2.24) is 19.6 Å². The molecule has 6 nitrogen and oxygen atoms in total. The minimum absolute atomic E-state index is 0.000257. The van der Waals surface area contributed by atoms with Gasteiger partial charge in [-0.2, -0.15) is 5.10 Å². The van der Waals surface area contributed by atoms with Gasteiger partial charge in [-0.05, 0) is 35.9 Å². The second-order valence-corrected chi connectivity index (χ2v) is 7.32. The SMILES string of the molecule is COc1ccc(-c2cc(C(=O)N3CCN(Cc4ccccc4)CC3)nn2C)cc1. The van der Waals surface area contributed by atoms with Crippen molar-refractivity contribution in [2.75, 3.05) is 33.3 Å². The van der Waals surface area contributed by atoms with E-state index in [4.69, 9.17) is 4.74 Å². The Bertz CT molecular complexity index is 958. The zero-order valence-electron chi connectivity index (χ0n) is 16.9. The first-order valence-electron chi connectivity index (χ1n) is 9.88. The van der Waals surface area contributed by atoms with E-state index in [0.29, 0.717) is 5.69 Å². The van der Waals surface area contributed by atoms with Gasteiger partial charge in [0, 0.05) is 45.3 Å². The van der Waals surface area contributed by atoms with E-state index in [2.05, 4.69) is 34.3 Å². The average molecular weight is 390 g/mol. The van der Waals surface area contributed by atoms with Crippen LogP contribution in [0.1, 0.15) is 16.1 Å². The minimum atomic E-state index is -0.000257. The number of hydrogen-bond acceptors (Lipinski definition) is 4. The number of nitrogens with zero attached hydrogens (tertiary/aromatic N) is 4. The van der Waals surface area contributed by atoms with Crippen molar-refractivity contribution < 1.29 is 9.53 Å². The normalized spacial score (nSPS) is 14.8. The highest BCUT2D eigenvalue weighted by Gasteiger charge is 2.24. The Hall–Kier alpha value is -3.12. The molecule has 150 valence electrons. The van der Waals surface area contributed by atoms with Gasteiger partial charge in [0.15, 0.2) is 5.69 Å². The minimum Gasteiger partial charge on any atom is -0.497 e.